The lowest BCUT2D eigenvalue weighted by Crippen LogP contribution is -2.33. The summed E-state index contributed by atoms with van der Waals surface area (Å²) in [4.78, 5) is 26.6. The van der Waals surface area contributed by atoms with E-state index in [1.165, 1.54) is 17.0 Å². The van der Waals surface area contributed by atoms with Gasteiger partial charge in [0.2, 0.25) is 10.0 Å². The van der Waals surface area contributed by atoms with Crippen molar-refractivity contribution in [3.63, 3.8) is 0 Å². The van der Waals surface area contributed by atoms with Crippen LogP contribution in [-0.2, 0) is 30.8 Å². The van der Waals surface area contributed by atoms with E-state index in [4.69, 9.17) is 9.88 Å². The maximum Gasteiger partial charge on any atom is 0.340 e. The summed E-state index contributed by atoms with van der Waals surface area (Å²) in [6.07, 6.45) is 0.378. The third-order valence-corrected chi connectivity index (χ3v) is 5.74. The molecule has 0 spiro atoms. The third kappa shape index (κ3) is 4.37. The van der Waals surface area contributed by atoms with Gasteiger partial charge in [0.15, 0.2) is 5.76 Å². The Hall–Kier alpha value is -3.17. The van der Waals surface area contributed by atoms with Crippen molar-refractivity contribution < 1.29 is 27.9 Å². The number of nitrogens with two attached hydrogens (primary N) is 1. The molecule has 1 amide bonds. The smallest absolute Gasteiger partial charge is 0.340 e. The summed E-state index contributed by atoms with van der Waals surface area (Å²) in [5.41, 5.74) is 1.35. The van der Waals surface area contributed by atoms with Crippen LogP contribution in [0.2, 0.25) is 0 Å². The predicted molar refractivity (Wildman–Crippen MR) is 109 cm³/mol. The number of carbonyl (C=O) groups is 2. The fraction of sp³-hybridized carbons (Fsp3) is 0.238. The van der Waals surface area contributed by atoms with Gasteiger partial charge in [0.05, 0.1) is 17.5 Å². The van der Waals surface area contributed by atoms with Gasteiger partial charge in [-0.15, -0.1) is 0 Å². The lowest BCUT2D eigenvalue weighted by Gasteiger charge is -2.26. The molecule has 3 N–H and O–H groups in total. The number of benzene rings is 2. The second kappa shape index (κ2) is 8.68. The van der Waals surface area contributed by atoms with Gasteiger partial charge in [0.25, 0.3) is 5.91 Å². The predicted octanol–water partition coefficient (Wildman–Crippen LogP) is 1.84. The average Bonchev–Trinajstić information content (AvgIpc) is 2.97. The van der Waals surface area contributed by atoms with Gasteiger partial charge in [-0.3, -0.25) is 4.79 Å². The molecule has 0 radical (unpaired) electrons. The Bertz CT molecular complexity index is 1080. The molecule has 9 heteroatoms. The number of aliphatic hydroxyl groups excluding tert-OH is 1. The number of aliphatic hydroxyl groups is 1. The van der Waals surface area contributed by atoms with Gasteiger partial charge >= 0.3 is 5.97 Å². The van der Waals surface area contributed by atoms with Crippen molar-refractivity contribution in [3.8, 4) is 0 Å². The molecule has 0 bridgehead atoms. The molecule has 30 heavy (non-hydrogen) atoms. The highest BCUT2D eigenvalue weighted by molar-refractivity contribution is 7.89. The summed E-state index contributed by atoms with van der Waals surface area (Å²) in [6.45, 7) is 1.95. The molecule has 0 saturated carbocycles. The molecule has 0 aromatic heterocycles. The lowest BCUT2D eigenvalue weighted by molar-refractivity contribution is -0.139. The van der Waals surface area contributed by atoms with E-state index in [0.717, 1.165) is 5.56 Å². The lowest BCUT2D eigenvalue weighted by atomic mass is 9.99. The van der Waals surface area contributed by atoms with Gasteiger partial charge in [0.1, 0.15) is 5.57 Å². The first-order chi connectivity index (χ1) is 14.2. The van der Waals surface area contributed by atoms with Crippen LogP contribution in [0.15, 0.2) is 70.8 Å². The largest absolute Gasteiger partial charge is 0.503 e. The third-order valence-electron chi connectivity index (χ3n) is 4.81. The maximum absolute atomic E-state index is 12.7. The van der Waals surface area contributed by atoms with Crippen LogP contribution in [0.4, 0.5) is 0 Å². The van der Waals surface area contributed by atoms with Crippen LogP contribution >= 0.6 is 0 Å². The topological polar surface area (TPSA) is 127 Å². The summed E-state index contributed by atoms with van der Waals surface area (Å²) in [5, 5.41) is 15.5. The molecule has 0 saturated heterocycles. The quantitative estimate of drug-likeness (QED) is 0.645. The number of sulfonamides is 1. The van der Waals surface area contributed by atoms with E-state index in [1.807, 2.05) is 6.07 Å². The molecule has 3 rings (SSSR count). The summed E-state index contributed by atoms with van der Waals surface area (Å²) < 4.78 is 27.8. The van der Waals surface area contributed by atoms with Crippen LogP contribution in [-0.4, -0.2) is 43.5 Å². The van der Waals surface area contributed by atoms with Crippen LogP contribution in [0.3, 0.4) is 0 Å². The standard InChI is InChI=1S/C21H22N2O6S/c1-2-29-21(26)17-18(15-6-4-3-5-7-15)23(20(25)19(17)24)13-12-14-8-10-16(11-9-14)30(22,27)28/h3-11,18,24H,2,12-13H2,1H3,(H2,22,27,28). The van der Waals surface area contributed by atoms with Gasteiger partial charge in [-0.1, -0.05) is 42.5 Å². The first-order valence-electron chi connectivity index (χ1n) is 9.32. The maximum atomic E-state index is 12.7. The number of ether oxygens (including phenoxy) is 1. The molecule has 2 aromatic rings. The van der Waals surface area contributed by atoms with Crippen molar-refractivity contribution in [3.05, 3.63) is 77.1 Å². The highest BCUT2D eigenvalue weighted by Crippen LogP contribution is 2.37. The van der Waals surface area contributed by atoms with Gasteiger partial charge < -0.3 is 14.7 Å². The van der Waals surface area contributed by atoms with E-state index in [1.54, 1.807) is 43.3 Å². The Labute approximate surface area is 174 Å². The monoisotopic (exact) mass is 430 g/mol. The minimum atomic E-state index is -3.79. The number of esters is 1. The number of amides is 1. The van der Waals surface area contributed by atoms with Crippen LogP contribution in [0, 0.1) is 0 Å². The normalized spacial score (nSPS) is 16.8. The number of rotatable bonds is 7. The minimum Gasteiger partial charge on any atom is -0.503 e. The fourth-order valence-corrected chi connectivity index (χ4v) is 3.89. The zero-order chi connectivity index (χ0) is 21.9. The second-order valence-electron chi connectivity index (χ2n) is 6.73. The van der Waals surface area contributed by atoms with Gasteiger partial charge in [-0.05, 0) is 36.6 Å². The van der Waals surface area contributed by atoms with Crippen LogP contribution in [0.25, 0.3) is 0 Å². The average molecular weight is 430 g/mol. The van der Waals surface area contributed by atoms with Crippen molar-refractivity contribution in [2.45, 2.75) is 24.3 Å². The zero-order valence-electron chi connectivity index (χ0n) is 16.3. The van der Waals surface area contributed by atoms with Crippen molar-refractivity contribution in [2.75, 3.05) is 13.2 Å². The van der Waals surface area contributed by atoms with Crippen molar-refractivity contribution in [1.29, 1.82) is 0 Å². The first-order valence-corrected chi connectivity index (χ1v) is 10.9. The van der Waals surface area contributed by atoms with Crippen molar-refractivity contribution in [1.82, 2.24) is 4.90 Å². The van der Waals surface area contributed by atoms with E-state index in [0.29, 0.717) is 12.0 Å². The number of carbonyl (C=O) groups excluding carboxylic acids is 2. The van der Waals surface area contributed by atoms with E-state index in [-0.39, 0.29) is 23.6 Å². The Morgan fingerprint density at radius 2 is 1.77 bits per heavy atom. The molecule has 1 atom stereocenters. The van der Waals surface area contributed by atoms with E-state index >= 15 is 0 Å². The molecule has 158 valence electrons. The summed E-state index contributed by atoms with van der Waals surface area (Å²) in [5.74, 6) is -2.02. The molecule has 0 aliphatic carbocycles. The van der Waals surface area contributed by atoms with Gasteiger partial charge in [0, 0.05) is 6.54 Å². The number of primary sulfonamides is 1. The van der Waals surface area contributed by atoms with Crippen molar-refractivity contribution >= 4 is 21.9 Å². The molecule has 0 fully saturated rings. The van der Waals surface area contributed by atoms with Gasteiger partial charge in [-0.25, -0.2) is 18.4 Å². The van der Waals surface area contributed by atoms with Crippen LogP contribution in [0.5, 0.6) is 0 Å². The summed E-state index contributed by atoms with van der Waals surface area (Å²) in [7, 11) is -3.79. The zero-order valence-corrected chi connectivity index (χ0v) is 17.1. The fourth-order valence-electron chi connectivity index (χ4n) is 3.38. The molecule has 1 aliphatic heterocycles. The van der Waals surface area contributed by atoms with E-state index in [9.17, 15) is 23.1 Å². The SMILES string of the molecule is CCOC(=O)C1=C(O)C(=O)N(CCc2ccc(S(N)(=O)=O)cc2)C1c1ccccc1. The molecule has 8 nitrogen and oxygen atoms in total. The molecular formula is C21H22N2O6S. The highest BCUT2D eigenvalue weighted by atomic mass is 32.2. The van der Waals surface area contributed by atoms with E-state index in [2.05, 4.69) is 0 Å². The number of hydrogen-bond donors (Lipinski definition) is 2. The number of hydrogen-bond acceptors (Lipinski definition) is 6. The highest BCUT2D eigenvalue weighted by Gasteiger charge is 2.44. The molecule has 1 heterocycles. The molecule has 2 aromatic carbocycles. The Morgan fingerprint density at radius 1 is 1.13 bits per heavy atom. The Morgan fingerprint density at radius 3 is 2.33 bits per heavy atom. The van der Waals surface area contributed by atoms with Crippen molar-refractivity contribution in [2.24, 2.45) is 5.14 Å². The summed E-state index contributed by atoms with van der Waals surface area (Å²) in [6, 6.07) is 14.1. The molecule has 1 unspecified atom stereocenters. The first kappa shape index (κ1) is 21.5. The summed E-state index contributed by atoms with van der Waals surface area (Å²) >= 11 is 0. The Kier molecular flexibility index (Phi) is 6.23. The van der Waals surface area contributed by atoms with E-state index < -0.39 is 33.7 Å². The minimum absolute atomic E-state index is 0.00503. The Balaban J connectivity index is 1.87. The van der Waals surface area contributed by atoms with Gasteiger partial charge in [-0.2, -0.15) is 0 Å². The molecular weight excluding hydrogens is 408 g/mol. The second-order valence-corrected chi connectivity index (χ2v) is 8.29. The number of nitrogens with zero attached hydrogens (tertiary/aromatic N) is 1. The van der Waals surface area contributed by atoms with Crippen LogP contribution < -0.4 is 5.14 Å². The van der Waals surface area contributed by atoms with Crippen LogP contribution in [0.1, 0.15) is 24.1 Å². The molecule has 1 aliphatic rings.